The van der Waals surface area contributed by atoms with Crippen LogP contribution >= 0.6 is 11.8 Å². The molecule has 0 N–H and O–H groups in total. The van der Waals surface area contributed by atoms with Gasteiger partial charge in [-0.05, 0) is 0 Å². The third-order valence-corrected chi connectivity index (χ3v) is 2.23. The van der Waals surface area contributed by atoms with Gasteiger partial charge < -0.3 is 0 Å². The van der Waals surface area contributed by atoms with Crippen LogP contribution in [0.2, 0.25) is 0 Å². The van der Waals surface area contributed by atoms with Gasteiger partial charge in [0.1, 0.15) is 0 Å². The fourth-order valence-corrected chi connectivity index (χ4v) is 0.250. The molecule has 3 heteroatoms. The van der Waals surface area contributed by atoms with Gasteiger partial charge in [-0.2, -0.15) is 0 Å². The summed E-state index contributed by atoms with van der Waals surface area (Å²) in [7, 11) is 1.64. The number of thioether (sulfide) groups is 1. The fraction of sp³-hybridized carbons (Fsp3) is 0.667. The summed E-state index contributed by atoms with van der Waals surface area (Å²) in [6, 6.07) is 0. The third kappa shape index (κ3) is 2.76. The summed E-state index contributed by atoms with van der Waals surface area (Å²) in [6.07, 6.45) is 1.95. The predicted molar refractivity (Wildman–Crippen MR) is 31.3 cm³/mol. The summed E-state index contributed by atoms with van der Waals surface area (Å²) in [5.74, 6) is 0. The van der Waals surface area contributed by atoms with E-state index >= 15 is 0 Å². The first-order chi connectivity index (χ1) is 2.81. The molecule has 0 amide bonds. The summed E-state index contributed by atoms with van der Waals surface area (Å²) >= 11 is 4.30. The van der Waals surface area contributed by atoms with Crippen LogP contribution in [-0.2, 0) is 4.74 Å². The second kappa shape index (κ2) is 3.72. The first kappa shape index (κ1) is 6.54. The number of methoxy groups -OCH3 is 1. The molecule has 0 aromatic rings. The van der Waals surface area contributed by atoms with Crippen molar-refractivity contribution >= 4 is 31.3 Å². The Hall–Kier alpha value is 0.539. The number of rotatable bonds is 2. The zero-order valence-corrected chi connectivity index (χ0v) is 6.25. The Morgan fingerprint density at radius 1 is 1.83 bits per heavy atom. The molecule has 0 aliphatic heterocycles. The zero-order chi connectivity index (χ0) is 4.99. The molecule has 0 radical (unpaired) electrons. The first-order valence-corrected chi connectivity index (χ1v) is 3.51. The molecule has 0 saturated carbocycles. The Kier molecular flexibility index (Phi) is 4.05. The Labute approximate surface area is 49.8 Å². The Balaban J connectivity index is 2.99. The molecule has 0 heterocycles. The monoisotopic (exact) mass is 170 g/mol. The number of hydrogen-bond donors (Lipinski definition) is 0. The standard InChI is InChI=1S/C3H6OSSe/c1-4-3(6)5-2/h1-2H3. The molecule has 6 heavy (non-hydrogen) atoms. The summed E-state index contributed by atoms with van der Waals surface area (Å²) in [4.78, 5) is 0. The Bertz CT molecular complexity index is 48.8. The molecule has 0 aromatic carbocycles. The van der Waals surface area contributed by atoms with Crippen LogP contribution in [0.25, 0.3) is 0 Å². The third-order valence-electron chi connectivity index (χ3n) is 0.333. The van der Waals surface area contributed by atoms with Crippen molar-refractivity contribution in [3.63, 3.8) is 0 Å². The average Bonchev–Trinajstić information content (AvgIpc) is 1.65. The van der Waals surface area contributed by atoms with E-state index in [0.717, 1.165) is 3.94 Å². The molecular weight excluding hydrogens is 163 g/mol. The SMILES string of the molecule is COC(=[Se])SC. The summed E-state index contributed by atoms with van der Waals surface area (Å²) in [5, 5.41) is 0. The van der Waals surface area contributed by atoms with E-state index in [0.29, 0.717) is 0 Å². The van der Waals surface area contributed by atoms with Gasteiger partial charge in [0.05, 0.1) is 0 Å². The van der Waals surface area contributed by atoms with Crippen molar-refractivity contribution in [2.24, 2.45) is 0 Å². The van der Waals surface area contributed by atoms with Gasteiger partial charge in [-0.1, -0.05) is 0 Å². The molecule has 0 unspecified atom stereocenters. The molecule has 0 spiro atoms. The van der Waals surface area contributed by atoms with E-state index in [1.807, 2.05) is 6.26 Å². The van der Waals surface area contributed by atoms with E-state index in [1.165, 1.54) is 0 Å². The maximum atomic E-state index is 4.72. The van der Waals surface area contributed by atoms with E-state index in [1.54, 1.807) is 18.9 Å². The predicted octanol–water partition coefficient (Wildman–Crippen LogP) is 0.252. The van der Waals surface area contributed by atoms with Crippen LogP contribution in [0.3, 0.4) is 0 Å². The molecule has 36 valence electrons. The topological polar surface area (TPSA) is 9.23 Å². The molecule has 0 saturated heterocycles. The summed E-state index contributed by atoms with van der Waals surface area (Å²) < 4.78 is 5.61. The molecule has 0 aliphatic rings. The molecule has 0 aliphatic carbocycles. The van der Waals surface area contributed by atoms with Crippen molar-refractivity contribution in [3.8, 4) is 0 Å². The molecule has 0 rings (SSSR count). The van der Waals surface area contributed by atoms with Gasteiger partial charge in [0, 0.05) is 0 Å². The summed E-state index contributed by atoms with van der Waals surface area (Å²) in [6.45, 7) is 0. The van der Waals surface area contributed by atoms with Crippen molar-refractivity contribution in [2.45, 2.75) is 0 Å². The second-order valence-corrected chi connectivity index (χ2v) is 2.80. The van der Waals surface area contributed by atoms with E-state index in [4.69, 9.17) is 4.74 Å². The molecule has 0 aromatic heterocycles. The van der Waals surface area contributed by atoms with Crippen LogP contribution in [0.5, 0.6) is 0 Å². The van der Waals surface area contributed by atoms with Crippen LogP contribution in [0.15, 0.2) is 0 Å². The van der Waals surface area contributed by atoms with E-state index in [2.05, 4.69) is 15.6 Å². The minimum atomic E-state index is 0.884. The zero-order valence-electron chi connectivity index (χ0n) is 3.72. The van der Waals surface area contributed by atoms with Crippen molar-refractivity contribution in [3.05, 3.63) is 0 Å². The van der Waals surface area contributed by atoms with Crippen LogP contribution in [0.4, 0.5) is 0 Å². The Morgan fingerprint density at radius 3 is 2.33 bits per heavy atom. The number of hydrogen-bond acceptors (Lipinski definition) is 2. The van der Waals surface area contributed by atoms with Gasteiger partial charge in [0.25, 0.3) is 0 Å². The van der Waals surface area contributed by atoms with Crippen LogP contribution in [0.1, 0.15) is 0 Å². The molecular formula is C3H6OSSe. The van der Waals surface area contributed by atoms with E-state index in [-0.39, 0.29) is 0 Å². The van der Waals surface area contributed by atoms with Crippen molar-refractivity contribution < 1.29 is 4.74 Å². The maximum absolute atomic E-state index is 4.72. The number of ether oxygens (including phenoxy) is 1. The second-order valence-electron chi connectivity index (χ2n) is 0.658. The average molecular weight is 169 g/mol. The van der Waals surface area contributed by atoms with Crippen LogP contribution in [-0.4, -0.2) is 32.9 Å². The first-order valence-electron chi connectivity index (χ1n) is 1.43. The summed E-state index contributed by atoms with van der Waals surface area (Å²) in [5.41, 5.74) is 0. The van der Waals surface area contributed by atoms with Crippen molar-refractivity contribution in [1.29, 1.82) is 0 Å². The van der Waals surface area contributed by atoms with Gasteiger partial charge in [-0.15, -0.1) is 0 Å². The molecule has 0 fully saturated rings. The van der Waals surface area contributed by atoms with Crippen molar-refractivity contribution in [2.75, 3.05) is 13.4 Å². The van der Waals surface area contributed by atoms with Gasteiger partial charge in [-0.3, -0.25) is 0 Å². The van der Waals surface area contributed by atoms with E-state index < -0.39 is 0 Å². The van der Waals surface area contributed by atoms with Gasteiger partial charge >= 0.3 is 49.4 Å². The Morgan fingerprint density at radius 2 is 2.33 bits per heavy atom. The fourth-order valence-electron chi connectivity index (χ4n) is 0.0833. The molecule has 1 nitrogen and oxygen atoms in total. The molecule has 0 atom stereocenters. The molecule has 0 bridgehead atoms. The van der Waals surface area contributed by atoms with Crippen LogP contribution < -0.4 is 0 Å². The van der Waals surface area contributed by atoms with Gasteiger partial charge in [0.15, 0.2) is 0 Å². The van der Waals surface area contributed by atoms with Crippen LogP contribution in [0, 0.1) is 0 Å². The van der Waals surface area contributed by atoms with Gasteiger partial charge in [-0.25, -0.2) is 0 Å². The minimum absolute atomic E-state index is 0.884. The van der Waals surface area contributed by atoms with Crippen molar-refractivity contribution in [1.82, 2.24) is 0 Å². The van der Waals surface area contributed by atoms with E-state index in [9.17, 15) is 0 Å². The normalized spacial score (nSPS) is 7.67. The van der Waals surface area contributed by atoms with Gasteiger partial charge in [0.2, 0.25) is 0 Å². The quantitative estimate of drug-likeness (QED) is 0.548.